The van der Waals surface area contributed by atoms with Crippen molar-refractivity contribution in [3.8, 4) is 5.75 Å². The van der Waals surface area contributed by atoms with Gasteiger partial charge in [0.15, 0.2) is 17.4 Å². The summed E-state index contributed by atoms with van der Waals surface area (Å²) in [6, 6.07) is 1.74. The molecule has 0 spiro atoms. The number of halogens is 2. The first-order chi connectivity index (χ1) is 11.4. The molecular formula is C16H15F2NO4S. The van der Waals surface area contributed by atoms with Crippen molar-refractivity contribution in [3.05, 3.63) is 29.3 Å². The zero-order valence-corrected chi connectivity index (χ0v) is 14.1. The number of carbonyl (C=O) groups is 2. The summed E-state index contributed by atoms with van der Waals surface area (Å²) in [4.78, 5) is 27.9. The predicted octanol–water partition coefficient (Wildman–Crippen LogP) is 3.73. The normalized spacial score (nSPS) is 10.7. The second kappa shape index (κ2) is 7.57. The Kier molecular flexibility index (Phi) is 5.71. The lowest BCUT2D eigenvalue weighted by Crippen LogP contribution is -2.13. The van der Waals surface area contributed by atoms with Gasteiger partial charge in [0.05, 0.1) is 12.1 Å². The van der Waals surface area contributed by atoms with Gasteiger partial charge in [-0.25, -0.2) is 18.6 Å². The summed E-state index contributed by atoms with van der Waals surface area (Å²) < 4.78 is 37.3. The van der Waals surface area contributed by atoms with Gasteiger partial charge < -0.3 is 9.47 Å². The Morgan fingerprint density at radius 3 is 2.46 bits per heavy atom. The SMILES string of the molecule is CCOC(=O)c1c(SCC)nc2cc(F)c(F)cc2c1OC(C)=O. The summed E-state index contributed by atoms with van der Waals surface area (Å²) in [5.41, 5.74) is 0.00607. The maximum absolute atomic E-state index is 13.6. The highest BCUT2D eigenvalue weighted by Gasteiger charge is 2.26. The third kappa shape index (κ3) is 3.64. The van der Waals surface area contributed by atoms with Crippen LogP contribution in [0.25, 0.3) is 10.9 Å². The van der Waals surface area contributed by atoms with Crippen LogP contribution in [0.1, 0.15) is 31.1 Å². The molecule has 1 aromatic heterocycles. The number of aromatic nitrogens is 1. The molecule has 0 bridgehead atoms. The lowest BCUT2D eigenvalue weighted by atomic mass is 10.1. The van der Waals surface area contributed by atoms with Crippen molar-refractivity contribution in [2.75, 3.05) is 12.4 Å². The molecule has 0 saturated carbocycles. The van der Waals surface area contributed by atoms with Gasteiger partial charge in [-0.3, -0.25) is 4.79 Å². The maximum atomic E-state index is 13.6. The lowest BCUT2D eigenvalue weighted by molar-refractivity contribution is -0.131. The molecule has 2 aromatic rings. The molecule has 8 heteroatoms. The van der Waals surface area contributed by atoms with E-state index in [1.807, 2.05) is 6.92 Å². The van der Waals surface area contributed by atoms with Crippen LogP contribution in [0.15, 0.2) is 17.2 Å². The van der Waals surface area contributed by atoms with Gasteiger partial charge in [-0.2, -0.15) is 0 Å². The van der Waals surface area contributed by atoms with Gasteiger partial charge in [0, 0.05) is 18.4 Å². The van der Waals surface area contributed by atoms with Crippen molar-refractivity contribution in [3.63, 3.8) is 0 Å². The number of carbonyl (C=O) groups excluding carboxylic acids is 2. The number of hydrogen-bond donors (Lipinski definition) is 0. The summed E-state index contributed by atoms with van der Waals surface area (Å²) in [6.45, 7) is 4.71. The highest BCUT2D eigenvalue weighted by atomic mass is 32.2. The van der Waals surface area contributed by atoms with E-state index in [4.69, 9.17) is 9.47 Å². The Bertz CT molecular complexity index is 810. The van der Waals surface area contributed by atoms with E-state index in [0.29, 0.717) is 5.75 Å². The fourth-order valence-corrected chi connectivity index (χ4v) is 2.84. The lowest BCUT2D eigenvalue weighted by Gasteiger charge is -2.15. The second-order valence-corrected chi connectivity index (χ2v) is 5.90. The van der Waals surface area contributed by atoms with E-state index in [1.165, 1.54) is 11.8 Å². The topological polar surface area (TPSA) is 65.5 Å². The van der Waals surface area contributed by atoms with E-state index in [1.54, 1.807) is 6.92 Å². The van der Waals surface area contributed by atoms with Crippen LogP contribution in [0.3, 0.4) is 0 Å². The predicted molar refractivity (Wildman–Crippen MR) is 85.3 cm³/mol. The Balaban J connectivity index is 2.85. The van der Waals surface area contributed by atoms with E-state index in [2.05, 4.69) is 4.98 Å². The van der Waals surface area contributed by atoms with Crippen molar-refractivity contribution in [1.29, 1.82) is 0 Å². The summed E-state index contributed by atoms with van der Waals surface area (Å²) in [5.74, 6) is -3.29. The van der Waals surface area contributed by atoms with E-state index < -0.39 is 23.6 Å². The number of benzene rings is 1. The number of hydrogen-bond acceptors (Lipinski definition) is 6. The smallest absolute Gasteiger partial charge is 0.344 e. The molecule has 0 N–H and O–H groups in total. The molecular weight excluding hydrogens is 340 g/mol. The van der Waals surface area contributed by atoms with E-state index >= 15 is 0 Å². The standard InChI is InChI=1S/C16H15F2NO4S/c1-4-22-16(21)13-14(23-8(3)20)9-6-10(17)11(18)7-12(9)19-15(13)24-5-2/h6-7H,4-5H2,1-3H3. The van der Waals surface area contributed by atoms with Gasteiger partial charge in [-0.15, -0.1) is 11.8 Å². The number of nitrogens with zero attached hydrogens (tertiary/aromatic N) is 1. The second-order valence-electron chi connectivity index (χ2n) is 4.65. The van der Waals surface area contributed by atoms with E-state index in [0.717, 1.165) is 19.1 Å². The van der Waals surface area contributed by atoms with Crippen LogP contribution in [-0.2, 0) is 9.53 Å². The maximum Gasteiger partial charge on any atom is 0.344 e. The monoisotopic (exact) mass is 355 g/mol. The minimum absolute atomic E-state index is 0.0209. The number of rotatable bonds is 5. The third-order valence-corrected chi connectivity index (χ3v) is 3.81. The molecule has 24 heavy (non-hydrogen) atoms. The van der Waals surface area contributed by atoms with E-state index in [-0.39, 0.29) is 33.8 Å². The molecule has 1 heterocycles. The van der Waals surface area contributed by atoms with Gasteiger partial charge in [-0.1, -0.05) is 6.92 Å². The average molecular weight is 355 g/mol. The van der Waals surface area contributed by atoms with Crippen LogP contribution < -0.4 is 4.74 Å². The summed E-state index contributed by atoms with van der Waals surface area (Å²) in [5, 5.41) is 0.248. The van der Waals surface area contributed by atoms with Gasteiger partial charge in [-0.05, 0) is 18.7 Å². The molecule has 0 aliphatic carbocycles. The van der Waals surface area contributed by atoms with Crippen LogP contribution in [0.4, 0.5) is 8.78 Å². The molecule has 0 unspecified atom stereocenters. The van der Waals surface area contributed by atoms with Gasteiger partial charge in [0.1, 0.15) is 10.6 Å². The number of fused-ring (bicyclic) bond motifs is 1. The largest absolute Gasteiger partial charge is 0.462 e. The first-order valence-electron chi connectivity index (χ1n) is 7.20. The van der Waals surface area contributed by atoms with Gasteiger partial charge >= 0.3 is 11.9 Å². The fourth-order valence-electron chi connectivity index (χ4n) is 2.08. The molecule has 0 saturated heterocycles. The van der Waals surface area contributed by atoms with Gasteiger partial charge in [0.25, 0.3) is 0 Å². The fraction of sp³-hybridized carbons (Fsp3) is 0.312. The zero-order chi connectivity index (χ0) is 17.9. The number of thioether (sulfide) groups is 1. The van der Waals surface area contributed by atoms with E-state index in [9.17, 15) is 18.4 Å². The Labute approximate surface area is 141 Å². The molecule has 0 aliphatic heterocycles. The van der Waals surface area contributed by atoms with Crippen LogP contribution in [0, 0.1) is 11.6 Å². The quantitative estimate of drug-likeness (QED) is 0.601. The highest BCUT2D eigenvalue weighted by Crippen LogP contribution is 2.37. The van der Waals surface area contributed by atoms with Crippen molar-refractivity contribution in [2.45, 2.75) is 25.8 Å². The van der Waals surface area contributed by atoms with Crippen LogP contribution in [-0.4, -0.2) is 29.3 Å². The number of pyridine rings is 1. The number of esters is 2. The molecule has 0 atom stereocenters. The Hall–Kier alpha value is -2.22. The molecule has 0 fully saturated rings. The van der Waals surface area contributed by atoms with Crippen molar-refractivity contribution in [2.24, 2.45) is 0 Å². The highest BCUT2D eigenvalue weighted by molar-refractivity contribution is 7.99. The Morgan fingerprint density at radius 1 is 1.21 bits per heavy atom. The van der Waals surface area contributed by atoms with Crippen LogP contribution >= 0.6 is 11.8 Å². The minimum atomic E-state index is -1.14. The average Bonchev–Trinajstić information content (AvgIpc) is 2.49. The molecule has 0 amide bonds. The van der Waals surface area contributed by atoms with Crippen molar-refractivity contribution < 1.29 is 27.8 Å². The van der Waals surface area contributed by atoms with Crippen LogP contribution in [0.5, 0.6) is 5.75 Å². The van der Waals surface area contributed by atoms with Gasteiger partial charge in [0.2, 0.25) is 0 Å². The minimum Gasteiger partial charge on any atom is -0.462 e. The summed E-state index contributed by atoms with van der Waals surface area (Å²) in [7, 11) is 0. The molecule has 5 nitrogen and oxygen atoms in total. The molecule has 0 radical (unpaired) electrons. The van der Waals surface area contributed by atoms with Crippen molar-refractivity contribution in [1.82, 2.24) is 4.98 Å². The first kappa shape index (κ1) is 18.1. The Morgan fingerprint density at radius 2 is 1.88 bits per heavy atom. The number of ether oxygens (including phenoxy) is 2. The first-order valence-corrected chi connectivity index (χ1v) is 8.18. The van der Waals surface area contributed by atoms with Crippen molar-refractivity contribution >= 4 is 34.6 Å². The molecule has 1 aromatic carbocycles. The zero-order valence-electron chi connectivity index (χ0n) is 13.3. The molecule has 128 valence electrons. The van der Waals surface area contributed by atoms with Crippen LogP contribution in [0.2, 0.25) is 0 Å². The summed E-state index contributed by atoms with van der Waals surface area (Å²) in [6.07, 6.45) is 0. The summed E-state index contributed by atoms with van der Waals surface area (Å²) >= 11 is 1.20. The molecule has 2 rings (SSSR count). The third-order valence-electron chi connectivity index (χ3n) is 2.95. The molecule has 0 aliphatic rings.